The molecule has 0 aromatic heterocycles. The van der Waals surface area contributed by atoms with Crippen molar-refractivity contribution in [1.82, 2.24) is 0 Å². The van der Waals surface area contributed by atoms with Crippen molar-refractivity contribution in [1.29, 1.82) is 0 Å². The van der Waals surface area contributed by atoms with E-state index in [1.54, 1.807) is 12.1 Å². The van der Waals surface area contributed by atoms with Crippen molar-refractivity contribution < 1.29 is 9.90 Å². The average molecular weight is 277 g/mol. The number of carboxylic acids is 1. The molecule has 1 unspecified atom stereocenters. The van der Waals surface area contributed by atoms with E-state index >= 15 is 0 Å². The number of aliphatic carboxylic acids is 1. The number of halogens is 2. The molecule has 5 heteroatoms. The van der Waals surface area contributed by atoms with Gasteiger partial charge in [-0.2, -0.15) is 0 Å². The molecule has 86 valence electrons. The molecular formula is C11H10Cl2O2S. The van der Waals surface area contributed by atoms with Crippen molar-refractivity contribution in [2.75, 3.05) is 0 Å². The fourth-order valence-electron chi connectivity index (χ4n) is 1.86. The Labute approximate surface area is 108 Å². The number of fused-ring (bicyclic) bond motifs is 1. The van der Waals surface area contributed by atoms with Crippen LogP contribution in [0.2, 0.25) is 10.0 Å². The van der Waals surface area contributed by atoms with Crippen molar-refractivity contribution in [3.8, 4) is 0 Å². The summed E-state index contributed by atoms with van der Waals surface area (Å²) in [6, 6.07) is 3.50. The van der Waals surface area contributed by atoms with Gasteiger partial charge in [-0.05, 0) is 24.1 Å². The minimum absolute atomic E-state index is 0.0312. The van der Waals surface area contributed by atoms with E-state index in [1.165, 1.54) is 11.8 Å². The fourth-order valence-corrected chi connectivity index (χ4v) is 3.74. The van der Waals surface area contributed by atoms with Gasteiger partial charge in [-0.25, -0.2) is 0 Å². The van der Waals surface area contributed by atoms with Crippen LogP contribution in [0.5, 0.6) is 0 Å². The third kappa shape index (κ3) is 2.17. The topological polar surface area (TPSA) is 37.3 Å². The third-order valence-electron chi connectivity index (χ3n) is 2.71. The first-order valence-electron chi connectivity index (χ1n) is 4.86. The summed E-state index contributed by atoms with van der Waals surface area (Å²) in [4.78, 5) is 12.0. The van der Waals surface area contributed by atoms with Gasteiger partial charge in [0.2, 0.25) is 0 Å². The first-order chi connectivity index (χ1) is 7.49. The molecule has 0 saturated heterocycles. The van der Waals surface area contributed by atoms with Crippen molar-refractivity contribution >= 4 is 40.9 Å². The second-order valence-electron chi connectivity index (χ2n) is 3.85. The minimum Gasteiger partial charge on any atom is -0.481 e. The molecule has 0 saturated carbocycles. The van der Waals surface area contributed by atoms with Crippen LogP contribution in [-0.4, -0.2) is 16.3 Å². The summed E-state index contributed by atoms with van der Waals surface area (Å²) in [6.45, 7) is 1.91. The summed E-state index contributed by atoms with van der Waals surface area (Å²) in [5.74, 6) is -1.13. The van der Waals surface area contributed by atoms with Gasteiger partial charge >= 0.3 is 5.97 Å². The van der Waals surface area contributed by atoms with E-state index < -0.39 is 5.97 Å². The Hall–Kier alpha value is -0.380. The standard InChI is InChI=1S/C11H10Cl2O2S/c1-5-8(11(14)15)3-6-2-7(12)4-9(13)10(6)16-5/h2,4-5,8H,3H2,1H3,(H,14,15)/t5?,8-/m1/s1. The first kappa shape index (κ1) is 12.1. The highest BCUT2D eigenvalue weighted by molar-refractivity contribution is 8.00. The molecule has 1 aromatic carbocycles. The van der Waals surface area contributed by atoms with Gasteiger partial charge in [-0.1, -0.05) is 30.1 Å². The second kappa shape index (κ2) is 4.47. The lowest BCUT2D eigenvalue weighted by Crippen LogP contribution is -2.29. The van der Waals surface area contributed by atoms with E-state index in [0.717, 1.165) is 10.5 Å². The van der Waals surface area contributed by atoms with E-state index in [-0.39, 0.29) is 11.2 Å². The zero-order chi connectivity index (χ0) is 11.9. The lowest BCUT2D eigenvalue weighted by Gasteiger charge is -2.27. The molecule has 2 atom stereocenters. The highest BCUT2D eigenvalue weighted by Gasteiger charge is 2.32. The lowest BCUT2D eigenvalue weighted by atomic mass is 9.96. The summed E-state index contributed by atoms with van der Waals surface area (Å²) < 4.78 is 0. The van der Waals surface area contributed by atoms with Crippen LogP contribution in [0.15, 0.2) is 17.0 Å². The number of carbonyl (C=O) groups is 1. The van der Waals surface area contributed by atoms with E-state index in [9.17, 15) is 4.79 Å². The zero-order valence-corrected chi connectivity index (χ0v) is 10.9. The molecule has 0 radical (unpaired) electrons. The summed E-state index contributed by atoms with van der Waals surface area (Å²) in [5.41, 5.74) is 0.938. The summed E-state index contributed by atoms with van der Waals surface area (Å²) in [7, 11) is 0. The van der Waals surface area contributed by atoms with Crippen molar-refractivity contribution in [3.63, 3.8) is 0 Å². The molecular weight excluding hydrogens is 267 g/mol. The Morgan fingerprint density at radius 1 is 1.50 bits per heavy atom. The van der Waals surface area contributed by atoms with Gasteiger partial charge in [0.1, 0.15) is 0 Å². The van der Waals surface area contributed by atoms with Crippen molar-refractivity contribution in [2.45, 2.75) is 23.5 Å². The van der Waals surface area contributed by atoms with Gasteiger partial charge in [0.25, 0.3) is 0 Å². The molecule has 1 aliphatic heterocycles. The molecule has 0 bridgehead atoms. The molecule has 2 nitrogen and oxygen atoms in total. The predicted molar refractivity (Wildman–Crippen MR) is 66.6 cm³/mol. The van der Waals surface area contributed by atoms with Crippen molar-refractivity contribution in [2.24, 2.45) is 5.92 Å². The zero-order valence-electron chi connectivity index (χ0n) is 8.54. The summed E-state index contributed by atoms with van der Waals surface area (Å²) in [5, 5.41) is 10.3. The smallest absolute Gasteiger partial charge is 0.307 e. The average Bonchev–Trinajstić information content (AvgIpc) is 2.18. The molecule has 0 spiro atoms. The maximum absolute atomic E-state index is 11.1. The van der Waals surface area contributed by atoms with E-state index in [2.05, 4.69) is 0 Å². The SMILES string of the molecule is CC1Sc2c(Cl)cc(Cl)cc2C[C@H]1C(=O)O. The van der Waals surface area contributed by atoms with Crippen LogP contribution in [0.1, 0.15) is 12.5 Å². The highest BCUT2D eigenvalue weighted by Crippen LogP contribution is 2.43. The van der Waals surface area contributed by atoms with Crippen LogP contribution in [-0.2, 0) is 11.2 Å². The maximum Gasteiger partial charge on any atom is 0.307 e. The van der Waals surface area contributed by atoms with E-state index in [4.69, 9.17) is 28.3 Å². The number of carboxylic acid groups (broad SMARTS) is 1. The predicted octanol–water partition coefficient (Wildman–Crippen LogP) is 3.73. The highest BCUT2D eigenvalue weighted by atomic mass is 35.5. The number of benzene rings is 1. The quantitative estimate of drug-likeness (QED) is 0.849. The molecule has 1 aromatic rings. The lowest BCUT2D eigenvalue weighted by molar-refractivity contribution is -0.141. The monoisotopic (exact) mass is 276 g/mol. The van der Waals surface area contributed by atoms with Crippen LogP contribution < -0.4 is 0 Å². The molecule has 16 heavy (non-hydrogen) atoms. The van der Waals surface area contributed by atoms with Gasteiger partial charge < -0.3 is 5.11 Å². The van der Waals surface area contributed by atoms with Gasteiger partial charge in [0, 0.05) is 15.2 Å². The van der Waals surface area contributed by atoms with Crippen LogP contribution in [0, 0.1) is 5.92 Å². The Kier molecular flexibility index (Phi) is 3.38. The normalized spacial score (nSPS) is 23.9. The van der Waals surface area contributed by atoms with Crippen molar-refractivity contribution in [3.05, 3.63) is 27.7 Å². The van der Waals surface area contributed by atoms with Crippen LogP contribution in [0.4, 0.5) is 0 Å². The van der Waals surface area contributed by atoms with Gasteiger partial charge in [-0.15, -0.1) is 11.8 Å². The third-order valence-corrected chi connectivity index (χ3v) is 4.76. The Morgan fingerprint density at radius 2 is 2.19 bits per heavy atom. The van der Waals surface area contributed by atoms with E-state index in [0.29, 0.717) is 16.5 Å². The molecule has 0 aliphatic carbocycles. The fraction of sp³-hybridized carbons (Fsp3) is 0.364. The Balaban J connectivity index is 2.43. The van der Waals surface area contributed by atoms with Crippen LogP contribution >= 0.6 is 35.0 Å². The number of hydrogen-bond acceptors (Lipinski definition) is 2. The van der Waals surface area contributed by atoms with Crippen LogP contribution in [0.25, 0.3) is 0 Å². The molecule has 0 amide bonds. The number of thioether (sulfide) groups is 1. The Morgan fingerprint density at radius 3 is 2.81 bits per heavy atom. The summed E-state index contributed by atoms with van der Waals surface area (Å²) in [6.07, 6.45) is 0.499. The number of rotatable bonds is 1. The first-order valence-corrected chi connectivity index (χ1v) is 6.50. The second-order valence-corrected chi connectivity index (χ2v) is 6.08. The largest absolute Gasteiger partial charge is 0.481 e. The van der Waals surface area contributed by atoms with Gasteiger partial charge in [0.15, 0.2) is 0 Å². The molecule has 0 fully saturated rings. The van der Waals surface area contributed by atoms with Crippen LogP contribution in [0.3, 0.4) is 0 Å². The van der Waals surface area contributed by atoms with Gasteiger partial charge in [-0.3, -0.25) is 4.79 Å². The molecule has 1 heterocycles. The van der Waals surface area contributed by atoms with E-state index in [1.807, 2.05) is 6.92 Å². The molecule has 1 aliphatic rings. The minimum atomic E-state index is -0.762. The van der Waals surface area contributed by atoms with Gasteiger partial charge in [0.05, 0.1) is 10.9 Å². The molecule has 1 N–H and O–H groups in total. The molecule has 2 rings (SSSR count). The number of hydrogen-bond donors (Lipinski definition) is 1. The maximum atomic E-state index is 11.1. The Bertz CT molecular complexity index is 448. The summed E-state index contributed by atoms with van der Waals surface area (Å²) >= 11 is 13.5.